The van der Waals surface area contributed by atoms with Crippen molar-refractivity contribution in [2.24, 2.45) is 7.05 Å². The third-order valence-corrected chi connectivity index (χ3v) is 6.22. The Morgan fingerprint density at radius 3 is 2.62 bits per heavy atom. The van der Waals surface area contributed by atoms with Crippen LogP contribution >= 0.6 is 0 Å². The molecule has 1 aromatic carbocycles. The topological polar surface area (TPSA) is 99.0 Å². The van der Waals surface area contributed by atoms with Crippen LogP contribution in [0.1, 0.15) is 24.4 Å². The molecule has 9 heteroatoms. The molecule has 0 aliphatic carbocycles. The lowest BCUT2D eigenvalue weighted by Crippen LogP contribution is -2.28. The summed E-state index contributed by atoms with van der Waals surface area (Å²) in [5.41, 5.74) is 4.54. The summed E-state index contributed by atoms with van der Waals surface area (Å²) in [7, 11) is 3.66. The Labute approximate surface area is 198 Å². The van der Waals surface area contributed by atoms with E-state index in [2.05, 4.69) is 25.2 Å². The highest BCUT2D eigenvalue weighted by molar-refractivity contribution is 5.89. The molecule has 176 valence electrons. The van der Waals surface area contributed by atoms with E-state index in [9.17, 15) is 0 Å². The molecule has 4 aromatic rings. The highest BCUT2D eigenvalue weighted by atomic mass is 16.5. The molecule has 1 aliphatic rings. The number of rotatable bonds is 6. The summed E-state index contributed by atoms with van der Waals surface area (Å²) >= 11 is 0. The minimum atomic E-state index is 0.320. The van der Waals surface area contributed by atoms with Gasteiger partial charge in [-0.1, -0.05) is 6.07 Å². The monoisotopic (exact) mass is 459 g/mol. The molecule has 34 heavy (non-hydrogen) atoms. The Morgan fingerprint density at radius 1 is 1.06 bits per heavy atom. The number of hydrogen-bond donors (Lipinski definition) is 2. The van der Waals surface area contributed by atoms with Gasteiger partial charge in [0.15, 0.2) is 5.82 Å². The maximum Gasteiger partial charge on any atom is 0.227 e. The van der Waals surface area contributed by atoms with E-state index in [0.29, 0.717) is 17.7 Å². The van der Waals surface area contributed by atoms with Crippen molar-refractivity contribution in [3.05, 3.63) is 48.2 Å². The number of pyridine rings is 1. The molecule has 0 bridgehead atoms. The van der Waals surface area contributed by atoms with Crippen LogP contribution in [0.15, 0.2) is 36.7 Å². The summed E-state index contributed by atoms with van der Waals surface area (Å²) in [6.07, 6.45) is 5.60. The van der Waals surface area contributed by atoms with Crippen LogP contribution in [0, 0.1) is 13.8 Å². The first-order chi connectivity index (χ1) is 16.5. The van der Waals surface area contributed by atoms with Crippen LogP contribution in [0.3, 0.4) is 0 Å². The van der Waals surface area contributed by atoms with Crippen LogP contribution in [0.5, 0.6) is 5.75 Å². The number of aryl methyl sites for hydroxylation is 2. The second-order valence-electron chi connectivity index (χ2n) is 8.56. The summed E-state index contributed by atoms with van der Waals surface area (Å²) < 4.78 is 13.2. The molecular weight excluding hydrogens is 430 g/mol. The summed E-state index contributed by atoms with van der Waals surface area (Å²) in [5.74, 6) is 2.91. The first kappa shape index (κ1) is 22.1. The molecule has 1 saturated heterocycles. The van der Waals surface area contributed by atoms with E-state index in [4.69, 9.17) is 19.4 Å². The number of aromatic nitrogens is 5. The fraction of sp³-hybridized carbons (Fsp3) is 0.360. The number of fused-ring (bicyclic) bond motifs is 1. The molecule has 1 fully saturated rings. The second kappa shape index (κ2) is 9.26. The lowest BCUT2D eigenvalue weighted by molar-refractivity contribution is 0.0904. The average Bonchev–Trinajstić information content (AvgIpc) is 3.18. The van der Waals surface area contributed by atoms with Gasteiger partial charge in [0.25, 0.3) is 0 Å². The molecule has 0 radical (unpaired) electrons. The van der Waals surface area contributed by atoms with Crippen molar-refractivity contribution in [1.82, 2.24) is 24.5 Å². The third kappa shape index (κ3) is 4.38. The number of ether oxygens (including phenoxy) is 2. The first-order valence-corrected chi connectivity index (χ1v) is 11.4. The van der Waals surface area contributed by atoms with Crippen LogP contribution in [-0.4, -0.2) is 50.9 Å². The van der Waals surface area contributed by atoms with E-state index in [0.717, 1.165) is 71.2 Å². The molecule has 2 N–H and O–H groups in total. The smallest absolute Gasteiger partial charge is 0.227 e. The van der Waals surface area contributed by atoms with Crippen molar-refractivity contribution >= 4 is 28.4 Å². The van der Waals surface area contributed by atoms with Crippen molar-refractivity contribution in [3.63, 3.8) is 0 Å². The summed E-state index contributed by atoms with van der Waals surface area (Å²) in [6, 6.07) is 8.31. The van der Waals surface area contributed by atoms with Crippen molar-refractivity contribution in [2.75, 3.05) is 31.0 Å². The van der Waals surface area contributed by atoms with Gasteiger partial charge in [0.2, 0.25) is 5.95 Å². The van der Waals surface area contributed by atoms with Crippen LogP contribution < -0.4 is 15.4 Å². The van der Waals surface area contributed by atoms with E-state index in [1.54, 1.807) is 7.11 Å². The van der Waals surface area contributed by atoms with Gasteiger partial charge in [0.1, 0.15) is 17.1 Å². The SMILES string of the molecule is COc1cc(-c2cnc(C)n2C)ccc1Nc1ncc2cc(C)nc(NC3CCOCC3)c2n1. The van der Waals surface area contributed by atoms with Gasteiger partial charge < -0.3 is 24.7 Å². The van der Waals surface area contributed by atoms with Crippen molar-refractivity contribution in [2.45, 2.75) is 32.7 Å². The molecule has 3 aromatic heterocycles. The van der Waals surface area contributed by atoms with Gasteiger partial charge in [-0.05, 0) is 44.9 Å². The Hall–Kier alpha value is -3.72. The lowest BCUT2D eigenvalue weighted by atomic mass is 10.1. The highest BCUT2D eigenvalue weighted by Crippen LogP contribution is 2.33. The van der Waals surface area contributed by atoms with E-state index in [1.165, 1.54) is 0 Å². The fourth-order valence-corrected chi connectivity index (χ4v) is 4.21. The number of nitrogens with zero attached hydrogens (tertiary/aromatic N) is 5. The fourth-order valence-electron chi connectivity index (χ4n) is 4.21. The van der Waals surface area contributed by atoms with E-state index < -0.39 is 0 Å². The zero-order chi connectivity index (χ0) is 23.7. The van der Waals surface area contributed by atoms with Crippen LogP contribution in [0.2, 0.25) is 0 Å². The van der Waals surface area contributed by atoms with E-state index >= 15 is 0 Å². The van der Waals surface area contributed by atoms with Gasteiger partial charge in [0, 0.05) is 49.1 Å². The number of imidazole rings is 1. The maximum absolute atomic E-state index is 5.67. The molecule has 5 rings (SSSR count). The van der Waals surface area contributed by atoms with Gasteiger partial charge in [-0.25, -0.2) is 19.9 Å². The average molecular weight is 460 g/mol. The van der Waals surface area contributed by atoms with Gasteiger partial charge in [-0.3, -0.25) is 0 Å². The molecule has 9 nitrogen and oxygen atoms in total. The van der Waals surface area contributed by atoms with Crippen molar-refractivity contribution in [1.29, 1.82) is 0 Å². The standard InChI is InChI=1S/C25H29N7O2/c1-15-11-18-13-27-25(31-23(18)24(28-15)29-19-7-9-34-10-8-19)30-20-6-5-17(12-22(20)33-4)21-14-26-16(2)32(21)3/h5-6,11-14,19H,7-10H2,1-4H3,(H,28,29)(H,27,30,31). The molecular formula is C25H29N7O2. The van der Waals surface area contributed by atoms with Gasteiger partial charge in [-0.15, -0.1) is 0 Å². The Kier molecular flexibility index (Phi) is 6.02. The van der Waals surface area contributed by atoms with Crippen LogP contribution in [-0.2, 0) is 11.8 Å². The summed E-state index contributed by atoms with van der Waals surface area (Å²) in [4.78, 5) is 18.5. The van der Waals surface area contributed by atoms with E-state index in [-0.39, 0.29) is 0 Å². The molecule has 0 spiro atoms. The molecule has 0 atom stereocenters. The number of benzene rings is 1. The van der Waals surface area contributed by atoms with Crippen LogP contribution in [0.4, 0.5) is 17.5 Å². The number of nitrogens with one attached hydrogen (secondary N) is 2. The van der Waals surface area contributed by atoms with Crippen LogP contribution in [0.25, 0.3) is 22.2 Å². The Bertz CT molecular complexity index is 1330. The molecule has 0 saturated carbocycles. The van der Waals surface area contributed by atoms with Crippen molar-refractivity contribution < 1.29 is 9.47 Å². The number of hydrogen-bond acceptors (Lipinski definition) is 8. The number of anilines is 3. The molecule has 0 unspecified atom stereocenters. The van der Waals surface area contributed by atoms with E-state index in [1.807, 2.05) is 57.6 Å². The van der Waals surface area contributed by atoms with Gasteiger partial charge in [0.05, 0.1) is 24.7 Å². The highest BCUT2D eigenvalue weighted by Gasteiger charge is 2.17. The van der Waals surface area contributed by atoms with Gasteiger partial charge >= 0.3 is 0 Å². The Morgan fingerprint density at radius 2 is 1.88 bits per heavy atom. The zero-order valence-corrected chi connectivity index (χ0v) is 19.9. The first-order valence-electron chi connectivity index (χ1n) is 11.4. The quantitative estimate of drug-likeness (QED) is 0.438. The predicted octanol–water partition coefficient (Wildman–Crippen LogP) is 4.39. The molecule has 1 aliphatic heterocycles. The maximum atomic E-state index is 5.67. The molecule has 0 amide bonds. The Balaban J connectivity index is 1.46. The molecule has 4 heterocycles. The lowest BCUT2D eigenvalue weighted by Gasteiger charge is -2.24. The summed E-state index contributed by atoms with van der Waals surface area (Å²) in [5, 5.41) is 7.83. The summed E-state index contributed by atoms with van der Waals surface area (Å²) in [6.45, 7) is 5.49. The number of methoxy groups -OCH3 is 1. The minimum absolute atomic E-state index is 0.320. The third-order valence-electron chi connectivity index (χ3n) is 6.22. The van der Waals surface area contributed by atoms with Gasteiger partial charge in [-0.2, -0.15) is 0 Å². The normalized spacial score (nSPS) is 14.4. The van der Waals surface area contributed by atoms with Crippen molar-refractivity contribution in [3.8, 4) is 17.0 Å². The minimum Gasteiger partial charge on any atom is -0.495 e. The second-order valence-corrected chi connectivity index (χ2v) is 8.56. The predicted molar refractivity (Wildman–Crippen MR) is 133 cm³/mol. The zero-order valence-electron chi connectivity index (χ0n) is 19.9. The largest absolute Gasteiger partial charge is 0.495 e.